The summed E-state index contributed by atoms with van der Waals surface area (Å²) in [6, 6.07) is 26.8. The molecule has 5 nitrogen and oxygen atoms in total. The fraction of sp³-hybridized carbons (Fsp3) is 0.138. The highest BCUT2D eigenvalue weighted by atomic mass is 35.5. The van der Waals surface area contributed by atoms with Gasteiger partial charge in [0.05, 0.1) is 5.56 Å². The number of carbonyl (C=O) groups is 1. The van der Waals surface area contributed by atoms with Crippen molar-refractivity contribution in [1.82, 2.24) is 0 Å². The molecule has 0 radical (unpaired) electrons. The van der Waals surface area contributed by atoms with Crippen LogP contribution in [0.1, 0.15) is 40.4 Å². The Labute approximate surface area is 208 Å². The van der Waals surface area contributed by atoms with Crippen molar-refractivity contribution in [1.29, 1.82) is 0 Å². The minimum atomic E-state index is -1.12. The molecule has 0 aromatic heterocycles. The number of esters is 1. The van der Waals surface area contributed by atoms with E-state index in [1.165, 1.54) is 0 Å². The molecule has 2 aliphatic rings. The second kappa shape index (κ2) is 8.07. The van der Waals surface area contributed by atoms with Gasteiger partial charge in [-0.2, -0.15) is 0 Å². The van der Waals surface area contributed by atoms with E-state index in [1.807, 2.05) is 72.8 Å². The first kappa shape index (κ1) is 21.6. The minimum absolute atomic E-state index is 0.361. The number of nitrogen functional groups attached to an aromatic ring is 1. The molecule has 6 heteroatoms. The highest BCUT2D eigenvalue weighted by Gasteiger charge is 2.53. The van der Waals surface area contributed by atoms with Crippen molar-refractivity contribution in [3.63, 3.8) is 0 Å². The lowest BCUT2D eigenvalue weighted by Crippen LogP contribution is -2.33. The summed E-state index contributed by atoms with van der Waals surface area (Å²) in [4.78, 5) is 15.2. The van der Waals surface area contributed by atoms with Crippen molar-refractivity contribution in [3.8, 4) is 11.5 Å². The fourth-order valence-electron chi connectivity index (χ4n) is 5.10. The van der Waals surface area contributed by atoms with Crippen LogP contribution < -0.4 is 15.4 Å². The number of hydrogen-bond acceptors (Lipinski definition) is 5. The van der Waals surface area contributed by atoms with E-state index < -0.39 is 5.60 Å². The Kier molecular flexibility index (Phi) is 4.97. The van der Waals surface area contributed by atoms with Crippen LogP contribution in [0.3, 0.4) is 0 Å². The van der Waals surface area contributed by atoms with Crippen molar-refractivity contribution in [2.24, 2.45) is 0 Å². The molecule has 35 heavy (non-hydrogen) atoms. The van der Waals surface area contributed by atoms with Gasteiger partial charge in [0.25, 0.3) is 0 Å². The van der Waals surface area contributed by atoms with Gasteiger partial charge in [0.1, 0.15) is 11.5 Å². The van der Waals surface area contributed by atoms with Crippen LogP contribution in [0.25, 0.3) is 0 Å². The summed E-state index contributed by atoms with van der Waals surface area (Å²) < 4.78 is 12.6. The Balaban J connectivity index is 1.56. The second-order valence-electron chi connectivity index (χ2n) is 8.78. The second-order valence-corrected chi connectivity index (χ2v) is 9.22. The zero-order chi connectivity index (χ0) is 24.2. The summed E-state index contributed by atoms with van der Waals surface area (Å²) in [5, 5.41) is 0.693. The first-order chi connectivity index (χ1) is 17.0. The minimum Gasteiger partial charge on any atom is -0.456 e. The molecule has 6 rings (SSSR count). The van der Waals surface area contributed by atoms with Gasteiger partial charge >= 0.3 is 5.97 Å². The number of nitrogens with two attached hydrogens (primary N) is 1. The van der Waals surface area contributed by atoms with Crippen LogP contribution in [-0.4, -0.2) is 12.5 Å². The van der Waals surface area contributed by atoms with Crippen LogP contribution in [0.2, 0.25) is 5.02 Å². The SMILES string of the molecule is CCCN(c1ccc(Cl)cc1)c1ccc2c(c1)Oc1ccc(N)cc1C21OC(=O)c2ccccc21. The van der Waals surface area contributed by atoms with E-state index in [9.17, 15) is 4.79 Å². The number of nitrogens with zero attached hydrogens (tertiary/aromatic N) is 1. The van der Waals surface area contributed by atoms with E-state index in [0.29, 0.717) is 27.8 Å². The number of fused-ring (bicyclic) bond motifs is 6. The summed E-state index contributed by atoms with van der Waals surface area (Å²) in [7, 11) is 0. The number of ether oxygens (including phenoxy) is 2. The fourth-order valence-corrected chi connectivity index (χ4v) is 5.22. The Bertz CT molecular complexity index is 1470. The van der Waals surface area contributed by atoms with Crippen molar-refractivity contribution in [2.75, 3.05) is 17.2 Å². The van der Waals surface area contributed by atoms with Crippen LogP contribution in [0.4, 0.5) is 17.1 Å². The monoisotopic (exact) mass is 482 g/mol. The Morgan fingerprint density at radius 1 is 0.857 bits per heavy atom. The predicted octanol–water partition coefficient (Wildman–Crippen LogP) is 7.04. The third-order valence-electron chi connectivity index (χ3n) is 6.62. The number of halogens is 1. The predicted molar refractivity (Wildman–Crippen MR) is 138 cm³/mol. The molecular weight excluding hydrogens is 460 g/mol. The maximum Gasteiger partial charge on any atom is 0.340 e. The normalized spacial score (nSPS) is 17.3. The van der Waals surface area contributed by atoms with E-state index in [0.717, 1.165) is 41.0 Å². The van der Waals surface area contributed by atoms with Crippen molar-refractivity contribution in [3.05, 3.63) is 112 Å². The van der Waals surface area contributed by atoms with E-state index in [-0.39, 0.29) is 5.97 Å². The van der Waals surface area contributed by atoms with Gasteiger partial charge in [0, 0.05) is 51.4 Å². The highest BCUT2D eigenvalue weighted by molar-refractivity contribution is 6.30. The maximum absolute atomic E-state index is 13.0. The maximum atomic E-state index is 13.0. The smallest absolute Gasteiger partial charge is 0.340 e. The van der Waals surface area contributed by atoms with Gasteiger partial charge in [-0.1, -0.05) is 36.7 Å². The molecule has 0 fully saturated rings. The molecule has 2 aliphatic heterocycles. The summed E-state index contributed by atoms with van der Waals surface area (Å²) in [5.74, 6) is 0.890. The molecule has 0 saturated heterocycles. The van der Waals surface area contributed by atoms with Gasteiger partial charge in [-0.25, -0.2) is 4.79 Å². The van der Waals surface area contributed by atoms with E-state index in [4.69, 9.17) is 26.8 Å². The molecule has 1 spiro atoms. The van der Waals surface area contributed by atoms with Gasteiger partial charge in [0.2, 0.25) is 0 Å². The van der Waals surface area contributed by atoms with E-state index >= 15 is 0 Å². The summed E-state index contributed by atoms with van der Waals surface area (Å²) in [6.45, 7) is 2.96. The number of rotatable bonds is 4. The van der Waals surface area contributed by atoms with Crippen LogP contribution in [0, 0.1) is 0 Å². The summed E-state index contributed by atoms with van der Waals surface area (Å²) in [5.41, 5.74) is 10.4. The third kappa shape index (κ3) is 3.27. The lowest BCUT2D eigenvalue weighted by Gasteiger charge is -2.37. The number of benzene rings is 4. The summed E-state index contributed by atoms with van der Waals surface area (Å²) >= 11 is 6.13. The topological polar surface area (TPSA) is 64.8 Å². The van der Waals surface area contributed by atoms with Crippen LogP contribution >= 0.6 is 11.6 Å². The van der Waals surface area contributed by atoms with Gasteiger partial charge < -0.3 is 20.1 Å². The molecule has 0 aliphatic carbocycles. The molecular formula is C29H23ClN2O3. The molecule has 0 saturated carbocycles. The Morgan fingerprint density at radius 2 is 1.63 bits per heavy atom. The van der Waals surface area contributed by atoms with E-state index in [2.05, 4.69) is 11.8 Å². The molecule has 1 atom stereocenters. The quantitative estimate of drug-likeness (QED) is 0.249. The largest absolute Gasteiger partial charge is 0.456 e. The number of anilines is 3. The van der Waals surface area contributed by atoms with Gasteiger partial charge in [-0.3, -0.25) is 0 Å². The molecule has 2 heterocycles. The molecule has 1 unspecified atom stereocenters. The van der Waals surface area contributed by atoms with Crippen molar-refractivity contribution < 1.29 is 14.3 Å². The lowest BCUT2D eigenvalue weighted by atomic mass is 9.77. The standard InChI is InChI=1S/C29H23ClN2O3/c1-2-15-32(20-10-7-18(30)8-11-20)21-12-13-24-27(17-21)34-26-14-9-19(31)16-25(26)29(24)23-6-4-3-5-22(23)28(33)35-29/h3-14,16-17H,2,15,31H2,1H3. The van der Waals surface area contributed by atoms with Crippen molar-refractivity contribution in [2.45, 2.75) is 18.9 Å². The molecule has 0 bridgehead atoms. The Morgan fingerprint density at radius 3 is 2.43 bits per heavy atom. The van der Waals surface area contributed by atoms with Crippen molar-refractivity contribution >= 4 is 34.6 Å². The average molecular weight is 483 g/mol. The van der Waals surface area contributed by atoms with Gasteiger partial charge in [-0.15, -0.1) is 0 Å². The van der Waals surface area contributed by atoms with E-state index in [1.54, 1.807) is 12.1 Å². The number of hydrogen-bond donors (Lipinski definition) is 1. The van der Waals surface area contributed by atoms with Crippen LogP contribution in [0.5, 0.6) is 11.5 Å². The first-order valence-electron chi connectivity index (χ1n) is 11.6. The average Bonchev–Trinajstić information content (AvgIpc) is 3.17. The zero-order valence-electron chi connectivity index (χ0n) is 19.1. The molecule has 2 N–H and O–H groups in total. The van der Waals surface area contributed by atoms with Crippen LogP contribution in [0.15, 0.2) is 84.9 Å². The molecule has 0 amide bonds. The van der Waals surface area contributed by atoms with Gasteiger partial charge in [-0.05, 0) is 67.1 Å². The molecule has 4 aromatic carbocycles. The van der Waals surface area contributed by atoms with Gasteiger partial charge in [0.15, 0.2) is 5.60 Å². The Hall–Kier alpha value is -3.96. The molecule has 174 valence electrons. The third-order valence-corrected chi connectivity index (χ3v) is 6.87. The van der Waals surface area contributed by atoms with Crippen LogP contribution in [-0.2, 0) is 10.3 Å². The zero-order valence-corrected chi connectivity index (χ0v) is 19.9. The summed E-state index contributed by atoms with van der Waals surface area (Å²) in [6.07, 6.45) is 0.956. The highest BCUT2D eigenvalue weighted by Crippen LogP contribution is 2.57. The lowest BCUT2D eigenvalue weighted by molar-refractivity contribution is 0.0224. The first-order valence-corrected chi connectivity index (χ1v) is 12.0. The number of carbonyl (C=O) groups excluding carboxylic acids is 1. The molecule has 4 aromatic rings.